The van der Waals surface area contributed by atoms with Gasteiger partial charge in [0, 0.05) is 6.61 Å². The highest BCUT2D eigenvalue weighted by atomic mass is 16.5. The van der Waals surface area contributed by atoms with Gasteiger partial charge in [0.15, 0.2) is 5.82 Å². The van der Waals surface area contributed by atoms with Gasteiger partial charge in [-0.25, -0.2) is 0 Å². The third kappa shape index (κ3) is 1.24. The molecule has 1 aromatic rings. The van der Waals surface area contributed by atoms with E-state index in [0.29, 0.717) is 5.82 Å². The minimum absolute atomic E-state index is 0.0810. The van der Waals surface area contributed by atoms with Crippen LogP contribution in [0.25, 0.3) is 0 Å². The highest BCUT2D eigenvalue weighted by Crippen LogP contribution is 2.33. The molecule has 5 heteroatoms. The first kappa shape index (κ1) is 9.61. The zero-order chi connectivity index (χ0) is 10.2. The molecule has 1 N–H and O–H groups in total. The number of nitrogens with zero attached hydrogens (tertiary/aromatic N) is 3. The first-order chi connectivity index (χ1) is 6.68. The van der Waals surface area contributed by atoms with Crippen LogP contribution in [0.5, 0.6) is 0 Å². The van der Waals surface area contributed by atoms with E-state index in [1.54, 1.807) is 6.33 Å². The molecule has 2 atom stereocenters. The average Bonchev–Trinajstić information content (AvgIpc) is 2.75. The predicted octanol–water partition coefficient (Wildman–Crippen LogP) is 0.294. The average molecular weight is 197 g/mol. The zero-order valence-electron chi connectivity index (χ0n) is 8.47. The fourth-order valence-electron chi connectivity index (χ4n) is 1.93. The van der Waals surface area contributed by atoms with Crippen molar-refractivity contribution in [1.82, 2.24) is 14.8 Å². The van der Waals surface area contributed by atoms with Crippen LogP contribution in [0.3, 0.4) is 0 Å². The van der Waals surface area contributed by atoms with Crippen LogP contribution in [0.2, 0.25) is 0 Å². The Morgan fingerprint density at radius 2 is 2.57 bits per heavy atom. The topological polar surface area (TPSA) is 60.2 Å². The van der Waals surface area contributed by atoms with Crippen LogP contribution in [0, 0.1) is 0 Å². The molecule has 1 fully saturated rings. The second kappa shape index (κ2) is 3.33. The summed E-state index contributed by atoms with van der Waals surface area (Å²) in [5, 5.41) is 16.8. The highest BCUT2D eigenvalue weighted by Gasteiger charge is 2.39. The summed E-state index contributed by atoms with van der Waals surface area (Å²) < 4.78 is 7.45. The SMILES string of the molecule is CC1OCCC1(C)n1cnnc1CO. The molecule has 1 aliphatic heterocycles. The number of ether oxygens (including phenoxy) is 1. The van der Waals surface area contributed by atoms with Crippen molar-refractivity contribution >= 4 is 0 Å². The second-order valence-electron chi connectivity index (χ2n) is 3.90. The Kier molecular flexibility index (Phi) is 2.28. The third-order valence-corrected chi connectivity index (χ3v) is 3.16. The number of hydrogen-bond acceptors (Lipinski definition) is 4. The summed E-state index contributed by atoms with van der Waals surface area (Å²) in [6, 6.07) is 0. The molecule has 1 aromatic heterocycles. The first-order valence-corrected chi connectivity index (χ1v) is 4.80. The largest absolute Gasteiger partial charge is 0.388 e. The standard InChI is InChI=1S/C9H15N3O2/c1-7-9(2,3-4-14-7)12-6-10-11-8(12)5-13/h6-7,13H,3-5H2,1-2H3. The van der Waals surface area contributed by atoms with E-state index in [0.717, 1.165) is 13.0 Å². The van der Waals surface area contributed by atoms with Crippen LogP contribution in [0.15, 0.2) is 6.33 Å². The van der Waals surface area contributed by atoms with Crippen LogP contribution >= 0.6 is 0 Å². The molecule has 2 unspecified atom stereocenters. The lowest BCUT2D eigenvalue weighted by molar-refractivity contribution is 0.0727. The Hall–Kier alpha value is -0.940. The summed E-state index contributed by atoms with van der Waals surface area (Å²) in [5.74, 6) is 0.602. The molecule has 0 bridgehead atoms. The smallest absolute Gasteiger partial charge is 0.159 e. The van der Waals surface area contributed by atoms with Gasteiger partial charge in [-0.3, -0.25) is 0 Å². The third-order valence-electron chi connectivity index (χ3n) is 3.16. The molecule has 5 nitrogen and oxygen atoms in total. The molecule has 0 aromatic carbocycles. The minimum atomic E-state index is -0.123. The van der Waals surface area contributed by atoms with Crippen LogP contribution in [0.1, 0.15) is 26.1 Å². The fourth-order valence-corrected chi connectivity index (χ4v) is 1.93. The van der Waals surface area contributed by atoms with Gasteiger partial charge in [0.25, 0.3) is 0 Å². The molecular weight excluding hydrogens is 182 g/mol. The normalized spacial score (nSPS) is 32.4. The van der Waals surface area contributed by atoms with Gasteiger partial charge < -0.3 is 14.4 Å². The Balaban J connectivity index is 2.37. The van der Waals surface area contributed by atoms with E-state index in [2.05, 4.69) is 17.1 Å². The van der Waals surface area contributed by atoms with Crippen molar-refractivity contribution in [3.8, 4) is 0 Å². The summed E-state index contributed by atoms with van der Waals surface area (Å²) in [4.78, 5) is 0. The van der Waals surface area contributed by atoms with Gasteiger partial charge in [-0.1, -0.05) is 0 Å². The van der Waals surface area contributed by atoms with E-state index in [-0.39, 0.29) is 18.2 Å². The summed E-state index contributed by atoms with van der Waals surface area (Å²) in [6.45, 7) is 4.81. The van der Waals surface area contributed by atoms with E-state index >= 15 is 0 Å². The molecule has 0 radical (unpaired) electrons. The number of aliphatic hydroxyl groups is 1. The summed E-state index contributed by atoms with van der Waals surface area (Å²) >= 11 is 0. The quantitative estimate of drug-likeness (QED) is 0.740. The molecule has 1 aliphatic rings. The lowest BCUT2D eigenvalue weighted by Crippen LogP contribution is -2.37. The summed E-state index contributed by atoms with van der Waals surface area (Å²) in [6.07, 6.45) is 2.72. The van der Waals surface area contributed by atoms with Crippen molar-refractivity contribution in [2.75, 3.05) is 6.61 Å². The number of aromatic nitrogens is 3. The molecule has 0 spiro atoms. The van der Waals surface area contributed by atoms with Gasteiger partial charge in [0.05, 0.1) is 11.6 Å². The minimum Gasteiger partial charge on any atom is -0.388 e. The number of aliphatic hydroxyl groups excluding tert-OH is 1. The van der Waals surface area contributed by atoms with Crippen LogP contribution in [0.4, 0.5) is 0 Å². The predicted molar refractivity (Wildman–Crippen MR) is 49.6 cm³/mol. The Morgan fingerprint density at radius 1 is 1.79 bits per heavy atom. The first-order valence-electron chi connectivity index (χ1n) is 4.80. The number of rotatable bonds is 2. The maximum absolute atomic E-state index is 9.10. The maximum Gasteiger partial charge on any atom is 0.159 e. The van der Waals surface area contributed by atoms with Gasteiger partial charge in [-0.15, -0.1) is 10.2 Å². The van der Waals surface area contributed by atoms with Crippen LogP contribution in [-0.2, 0) is 16.9 Å². The van der Waals surface area contributed by atoms with E-state index in [9.17, 15) is 0 Å². The molecule has 78 valence electrons. The van der Waals surface area contributed by atoms with Crippen molar-refractivity contribution < 1.29 is 9.84 Å². The summed E-state index contributed by atoms with van der Waals surface area (Å²) in [7, 11) is 0. The van der Waals surface area contributed by atoms with Gasteiger partial charge in [0.2, 0.25) is 0 Å². The van der Waals surface area contributed by atoms with E-state index < -0.39 is 0 Å². The Morgan fingerprint density at radius 3 is 3.14 bits per heavy atom. The van der Waals surface area contributed by atoms with Crippen molar-refractivity contribution in [3.05, 3.63) is 12.2 Å². The molecule has 0 aliphatic carbocycles. The molecule has 0 amide bonds. The van der Waals surface area contributed by atoms with Crippen molar-refractivity contribution in [2.45, 2.75) is 38.5 Å². The maximum atomic E-state index is 9.10. The summed E-state index contributed by atoms with van der Waals surface area (Å²) in [5.41, 5.74) is -0.123. The Labute approximate surface area is 82.7 Å². The molecule has 0 saturated carbocycles. The van der Waals surface area contributed by atoms with Crippen LogP contribution < -0.4 is 0 Å². The van der Waals surface area contributed by atoms with Crippen molar-refractivity contribution in [1.29, 1.82) is 0 Å². The Bertz CT molecular complexity index is 326. The van der Waals surface area contributed by atoms with E-state index in [4.69, 9.17) is 9.84 Å². The van der Waals surface area contributed by atoms with Crippen molar-refractivity contribution in [2.24, 2.45) is 0 Å². The second-order valence-corrected chi connectivity index (χ2v) is 3.90. The monoisotopic (exact) mass is 197 g/mol. The van der Waals surface area contributed by atoms with Crippen molar-refractivity contribution in [3.63, 3.8) is 0 Å². The fraction of sp³-hybridized carbons (Fsp3) is 0.778. The van der Waals surface area contributed by atoms with Gasteiger partial charge >= 0.3 is 0 Å². The number of hydrogen-bond donors (Lipinski definition) is 1. The highest BCUT2D eigenvalue weighted by molar-refractivity contribution is 4.99. The van der Waals surface area contributed by atoms with Gasteiger partial charge in [0.1, 0.15) is 12.9 Å². The van der Waals surface area contributed by atoms with E-state index in [1.165, 1.54) is 0 Å². The van der Waals surface area contributed by atoms with Gasteiger partial charge in [-0.2, -0.15) is 0 Å². The molecular formula is C9H15N3O2. The van der Waals surface area contributed by atoms with Gasteiger partial charge in [-0.05, 0) is 20.3 Å². The molecule has 14 heavy (non-hydrogen) atoms. The lowest BCUT2D eigenvalue weighted by Gasteiger charge is -2.29. The van der Waals surface area contributed by atoms with E-state index in [1.807, 2.05) is 11.5 Å². The van der Waals surface area contributed by atoms with Crippen LogP contribution in [-0.4, -0.2) is 32.6 Å². The molecule has 2 rings (SSSR count). The zero-order valence-corrected chi connectivity index (χ0v) is 8.47. The molecule has 2 heterocycles. The lowest BCUT2D eigenvalue weighted by atomic mass is 9.94. The molecule has 1 saturated heterocycles.